The van der Waals surface area contributed by atoms with E-state index >= 15 is 0 Å². The number of hydrogen-bond acceptors (Lipinski definition) is 3. The van der Waals surface area contributed by atoms with Crippen LogP contribution in [0.15, 0.2) is 30.3 Å². The molecule has 4 heteroatoms. The van der Waals surface area contributed by atoms with Crippen molar-refractivity contribution in [2.75, 3.05) is 19.5 Å². The average molecular weight is 266 g/mol. The fourth-order valence-electron chi connectivity index (χ4n) is 1.45. The van der Waals surface area contributed by atoms with Gasteiger partial charge in [0.1, 0.15) is 0 Å². The fourth-order valence-corrected chi connectivity index (χ4v) is 2.33. The Labute approximate surface area is 112 Å². The van der Waals surface area contributed by atoms with Crippen LogP contribution in [0.4, 0.5) is 0 Å². The first-order valence-corrected chi connectivity index (χ1v) is 6.94. The van der Waals surface area contributed by atoms with Crippen LogP contribution < -0.4 is 0 Å². The van der Waals surface area contributed by atoms with Crippen LogP contribution in [0.2, 0.25) is 0 Å². The quantitative estimate of drug-likeness (QED) is 0.580. The molecule has 98 valence electrons. The SMILES string of the molecule is COCCCSCc1cccc(C=CC(=O)O)c1. The third-order valence-corrected chi connectivity index (χ3v) is 3.39. The molecule has 3 nitrogen and oxygen atoms in total. The molecule has 1 aromatic rings. The van der Waals surface area contributed by atoms with Gasteiger partial charge in [0.2, 0.25) is 0 Å². The van der Waals surface area contributed by atoms with E-state index in [4.69, 9.17) is 9.84 Å². The molecular formula is C14H18O3S. The molecule has 0 atom stereocenters. The molecule has 0 amide bonds. The summed E-state index contributed by atoms with van der Waals surface area (Å²) < 4.78 is 4.99. The van der Waals surface area contributed by atoms with Gasteiger partial charge in [-0.1, -0.05) is 24.3 Å². The van der Waals surface area contributed by atoms with Crippen LogP contribution in [0.1, 0.15) is 17.5 Å². The second-order valence-electron chi connectivity index (χ2n) is 3.82. The molecule has 0 bridgehead atoms. The molecule has 0 spiro atoms. The number of carbonyl (C=O) groups is 1. The molecule has 1 N–H and O–H groups in total. The van der Waals surface area contributed by atoms with Gasteiger partial charge in [0, 0.05) is 25.5 Å². The van der Waals surface area contributed by atoms with Gasteiger partial charge < -0.3 is 9.84 Å². The van der Waals surface area contributed by atoms with Crippen molar-refractivity contribution in [3.8, 4) is 0 Å². The lowest BCUT2D eigenvalue weighted by molar-refractivity contribution is -0.131. The summed E-state index contributed by atoms with van der Waals surface area (Å²) >= 11 is 1.86. The van der Waals surface area contributed by atoms with Crippen molar-refractivity contribution in [3.63, 3.8) is 0 Å². The molecule has 0 saturated carbocycles. The maximum absolute atomic E-state index is 10.4. The lowest BCUT2D eigenvalue weighted by Gasteiger charge is -2.03. The van der Waals surface area contributed by atoms with Crippen LogP contribution >= 0.6 is 11.8 Å². The Morgan fingerprint density at radius 3 is 3.06 bits per heavy atom. The summed E-state index contributed by atoms with van der Waals surface area (Å²) in [5, 5.41) is 8.57. The maximum atomic E-state index is 10.4. The largest absolute Gasteiger partial charge is 0.478 e. The van der Waals surface area contributed by atoms with Gasteiger partial charge in [0.25, 0.3) is 0 Å². The zero-order valence-electron chi connectivity index (χ0n) is 10.5. The summed E-state index contributed by atoms with van der Waals surface area (Å²) in [5.74, 6) is 1.09. The highest BCUT2D eigenvalue weighted by Crippen LogP contribution is 2.15. The molecule has 0 unspecified atom stereocenters. The second-order valence-corrected chi connectivity index (χ2v) is 4.92. The second kappa shape index (κ2) is 8.78. The van der Waals surface area contributed by atoms with Gasteiger partial charge in [-0.05, 0) is 29.4 Å². The molecule has 18 heavy (non-hydrogen) atoms. The number of methoxy groups -OCH3 is 1. The third kappa shape index (κ3) is 6.47. The monoisotopic (exact) mass is 266 g/mol. The van der Waals surface area contributed by atoms with E-state index in [-0.39, 0.29) is 0 Å². The third-order valence-electron chi connectivity index (χ3n) is 2.28. The van der Waals surface area contributed by atoms with E-state index in [2.05, 4.69) is 6.07 Å². The van der Waals surface area contributed by atoms with Gasteiger partial charge in [0.15, 0.2) is 0 Å². The molecule has 0 fully saturated rings. The highest BCUT2D eigenvalue weighted by Gasteiger charge is 1.96. The number of rotatable bonds is 8. The number of thioether (sulfide) groups is 1. The number of carboxylic acid groups (broad SMARTS) is 1. The van der Waals surface area contributed by atoms with Crippen molar-refractivity contribution in [2.24, 2.45) is 0 Å². The normalized spacial score (nSPS) is 10.9. The number of carboxylic acids is 1. The molecule has 0 aliphatic rings. The summed E-state index contributed by atoms with van der Waals surface area (Å²) in [6.45, 7) is 0.800. The van der Waals surface area contributed by atoms with E-state index in [1.165, 1.54) is 5.56 Å². The van der Waals surface area contributed by atoms with Gasteiger partial charge in [0.05, 0.1) is 0 Å². The van der Waals surface area contributed by atoms with Crippen LogP contribution in [-0.4, -0.2) is 30.5 Å². The molecule has 0 aliphatic carbocycles. The molecule has 0 saturated heterocycles. The minimum Gasteiger partial charge on any atom is -0.478 e. The van der Waals surface area contributed by atoms with E-state index in [1.807, 2.05) is 30.0 Å². The number of ether oxygens (including phenoxy) is 1. The van der Waals surface area contributed by atoms with E-state index in [9.17, 15) is 4.79 Å². The highest BCUT2D eigenvalue weighted by molar-refractivity contribution is 7.98. The molecule has 0 radical (unpaired) electrons. The first kappa shape index (κ1) is 14.8. The number of hydrogen-bond donors (Lipinski definition) is 1. The smallest absolute Gasteiger partial charge is 0.328 e. The Bertz CT molecular complexity index is 402. The van der Waals surface area contributed by atoms with Gasteiger partial charge in [-0.2, -0.15) is 11.8 Å². The molecular weight excluding hydrogens is 248 g/mol. The van der Waals surface area contributed by atoms with Crippen LogP contribution in [0.3, 0.4) is 0 Å². The number of benzene rings is 1. The van der Waals surface area contributed by atoms with Gasteiger partial charge in [-0.25, -0.2) is 4.79 Å². The summed E-state index contributed by atoms with van der Waals surface area (Å²) in [5.41, 5.74) is 2.14. The first-order valence-electron chi connectivity index (χ1n) is 5.79. The van der Waals surface area contributed by atoms with Crippen molar-refractivity contribution in [1.82, 2.24) is 0 Å². The summed E-state index contributed by atoms with van der Waals surface area (Å²) in [4.78, 5) is 10.4. The van der Waals surface area contributed by atoms with Crippen molar-refractivity contribution >= 4 is 23.8 Å². The number of aliphatic carboxylic acids is 1. The minimum absolute atomic E-state index is 0.800. The lowest BCUT2D eigenvalue weighted by atomic mass is 10.1. The minimum atomic E-state index is -0.922. The molecule has 0 aliphatic heterocycles. The van der Waals surface area contributed by atoms with Gasteiger partial charge in [-0.3, -0.25) is 0 Å². The van der Waals surface area contributed by atoms with Crippen molar-refractivity contribution in [3.05, 3.63) is 41.5 Å². The predicted octanol–water partition coefficient (Wildman–Crippen LogP) is 3.05. The van der Waals surface area contributed by atoms with E-state index in [1.54, 1.807) is 13.2 Å². The molecule has 0 aromatic heterocycles. The lowest BCUT2D eigenvalue weighted by Crippen LogP contribution is -1.91. The van der Waals surface area contributed by atoms with Crippen LogP contribution in [0.5, 0.6) is 0 Å². The van der Waals surface area contributed by atoms with E-state index < -0.39 is 5.97 Å². The fraction of sp³-hybridized carbons (Fsp3) is 0.357. The van der Waals surface area contributed by atoms with E-state index in [0.29, 0.717) is 0 Å². The Morgan fingerprint density at radius 1 is 1.50 bits per heavy atom. The zero-order chi connectivity index (χ0) is 13.2. The predicted molar refractivity (Wildman–Crippen MR) is 75.8 cm³/mol. The Kier molecular flexibility index (Phi) is 7.22. The average Bonchev–Trinajstić information content (AvgIpc) is 2.37. The molecule has 0 heterocycles. The first-order chi connectivity index (χ1) is 8.72. The van der Waals surface area contributed by atoms with Gasteiger partial charge >= 0.3 is 5.97 Å². The zero-order valence-corrected chi connectivity index (χ0v) is 11.3. The Morgan fingerprint density at radius 2 is 2.33 bits per heavy atom. The summed E-state index contributed by atoms with van der Waals surface area (Å²) in [7, 11) is 1.71. The van der Waals surface area contributed by atoms with Gasteiger partial charge in [-0.15, -0.1) is 0 Å². The van der Waals surface area contributed by atoms with Crippen molar-refractivity contribution < 1.29 is 14.6 Å². The Balaban J connectivity index is 2.42. The summed E-state index contributed by atoms with van der Waals surface area (Å²) in [6, 6.07) is 7.93. The van der Waals surface area contributed by atoms with E-state index in [0.717, 1.165) is 36.2 Å². The topological polar surface area (TPSA) is 46.5 Å². The van der Waals surface area contributed by atoms with Crippen LogP contribution in [-0.2, 0) is 15.3 Å². The van der Waals surface area contributed by atoms with Crippen molar-refractivity contribution in [1.29, 1.82) is 0 Å². The van der Waals surface area contributed by atoms with Crippen LogP contribution in [0.25, 0.3) is 6.08 Å². The molecule has 1 rings (SSSR count). The summed E-state index contributed by atoms with van der Waals surface area (Å²) in [6.07, 6.45) is 3.83. The Hall–Kier alpha value is -1.26. The highest BCUT2D eigenvalue weighted by atomic mass is 32.2. The standard InChI is InChI=1S/C14H18O3S/c1-17-8-3-9-18-11-13-5-2-4-12(10-13)6-7-14(15)16/h2,4-7,10H,3,8-9,11H2,1H3,(H,15,16). The maximum Gasteiger partial charge on any atom is 0.328 e. The van der Waals surface area contributed by atoms with Crippen LogP contribution in [0, 0.1) is 0 Å². The van der Waals surface area contributed by atoms with Crippen molar-refractivity contribution in [2.45, 2.75) is 12.2 Å². The molecule has 1 aromatic carbocycles.